The molecule has 3 heterocycles. The highest BCUT2D eigenvalue weighted by atomic mass is 35.5. The van der Waals surface area contributed by atoms with E-state index in [0.29, 0.717) is 29.2 Å². The van der Waals surface area contributed by atoms with Crippen LogP contribution in [0.25, 0.3) is 0 Å². The average Bonchev–Trinajstić information content (AvgIpc) is 2.88. The summed E-state index contributed by atoms with van der Waals surface area (Å²) in [5.74, 6) is 0.484. The quantitative estimate of drug-likeness (QED) is 0.798. The van der Waals surface area contributed by atoms with Gasteiger partial charge in [0.05, 0.1) is 28.4 Å². The van der Waals surface area contributed by atoms with Crippen molar-refractivity contribution in [1.82, 2.24) is 10.7 Å². The topological polar surface area (TPSA) is 58.0 Å². The maximum Gasteiger partial charge on any atom is 0.0854 e. The highest BCUT2D eigenvalue weighted by molar-refractivity contribution is 6.31. The third-order valence-corrected chi connectivity index (χ3v) is 7.03. The minimum Gasteiger partial charge on any atom is -0.375 e. The van der Waals surface area contributed by atoms with Crippen LogP contribution in [0.3, 0.4) is 0 Å². The van der Waals surface area contributed by atoms with E-state index in [2.05, 4.69) is 28.0 Å². The van der Waals surface area contributed by atoms with Crippen molar-refractivity contribution < 1.29 is 4.74 Å². The number of nitrogens with one attached hydrogen (secondary N) is 2. The lowest BCUT2D eigenvalue weighted by molar-refractivity contribution is -0.0670. The molecular formula is C20H27ClN4O. The van der Waals surface area contributed by atoms with E-state index in [1.54, 1.807) is 6.20 Å². The molecule has 2 aliphatic carbocycles. The molecule has 3 aliphatic heterocycles. The second kappa shape index (κ2) is 6.77. The number of halogens is 1. The molecule has 6 heteroatoms. The summed E-state index contributed by atoms with van der Waals surface area (Å²) in [5.41, 5.74) is 5.61. The lowest BCUT2D eigenvalue weighted by atomic mass is 9.66. The summed E-state index contributed by atoms with van der Waals surface area (Å²) in [6, 6.07) is 0.296. The minimum atomic E-state index is -0.218. The number of hydrazone groups is 1. The molecule has 5 rings (SSSR count). The third kappa shape index (κ3) is 2.76. The van der Waals surface area contributed by atoms with Crippen molar-refractivity contribution in [2.75, 3.05) is 13.1 Å². The Labute approximate surface area is 160 Å². The van der Waals surface area contributed by atoms with Crippen LogP contribution in [0, 0.1) is 11.3 Å². The Kier molecular flexibility index (Phi) is 4.42. The van der Waals surface area contributed by atoms with Crippen molar-refractivity contribution in [3.8, 4) is 0 Å². The van der Waals surface area contributed by atoms with E-state index in [1.807, 2.05) is 0 Å². The number of hydrogen-bond donors (Lipinski definition) is 2. The molecule has 0 aromatic carbocycles. The molecule has 0 aromatic heterocycles. The molecule has 5 aliphatic rings. The van der Waals surface area contributed by atoms with Crippen molar-refractivity contribution in [2.24, 2.45) is 21.4 Å². The summed E-state index contributed by atoms with van der Waals surface area (Å²) in [6.07, 6.45) is 15.3. The molecular weight excluding hydrogens is 348 g/mol. The van der Waals surface area contributed by atoms with Crippen molar-refractivity contribution in [3.63, 3.8) is 0 Å². The van der Waals surface area contributed by atoms with Gasteiger partial charge in [-0.3, -0.25) is 4.99 Å². The summed E-state index contributed by atoms with van der Waals surface area (Å²) in [4.78, 5) is 4.54. The first-order valence-electron chi connectivity index (χ1n) is 10.1. The molecule has 3 fully saturated rings. The van der Waals surface area contributed by atoms with Crippen molar-refractivity contribution >= 4 is 23.5 Å². The number of aliphatic imine (C=N–C) groups is 1. The zero-order chi connectivity index (χ0) is 17.6. The molecule has 0 bridgehead atoms. The van der Waals surface area contributed by atoms with E-state index in [1.165, 1.54) is 30.5 Å². The molecule has 1 saturated heterocycles. The summed E-state index contributed by atoms with van der Waals surface area (Å²) < 4.78 is 6.26. The van der Waals surface area contributed by atoms with Gasteiger partial charge in [0, 0.05) is 37.5 Å². The molecule has 2 saturated carbocycles. The first-order chi connectivity index (χ1) is 12.8. The molecule has 2 N–H and O–H groups in total. The van der Waals surface area contributed by atoms with E-state index >= 15 is 0 Å². The van der Waals surface area contributed by atoms with E-state index in [9.17, 15) is 0 Å². The van der Waals surface area contributed by atoms with Gasteiger partial charge < -0.3 is 15.5 Å². The Bertz CT molecular complexity index is 688. The van der Waals surface area contributed by atoms with Crippen LogP contribution in [-0.4, -0.2) is 43.3 Å². The normalized spacial score (nSPS) is 39.6. The second-order valence-electron chi connectivity index (χ2n) is 8.29. The lowest BCUT2D eigenvalue weighted by Crippen LogP contribution is -2.56. The Morgan fingerprint density at radius 2 is 1.92 bits per heavy atom. The fraction of sp³-hybridized carbons (Fsp3) is 0.700. The highest BCUT2D eigenvalue weighted by Gasteiger charge is 2.53. The molecule has 1 spiro atoms. The van der Waals surface area contributed by atoms with Gasteiger partial charge in [0.1, 0.15) is 0 Å². The number of rotatable bonds is 3. The molecule has 0 amide bonds. The molecule has 2 atom stereocenters. The Hall–Kier alpha value is -1.17. The van der Waals surface area contributed by atoms with Crippen LogP contribution in [0.2, 0.25) is 0 Å². The van der Waals surface area contributed by atoms with E-state index < -0.39 is 0 Å². The Morgan fingerprint density at radius 1 is 1.12 bits per heavy atom. The van der Waals surface area contributed by atoms with Gasteiger partial charge >= 0.3 is 0 Å². The second-order valence-corrected chi connectivity index (χ2v) is 8.72. The number of hydrogen-bond acceptors (Lipinski definition) is 5. The fourth-order valence-corrected chi connectivity index (χ4v) is 5.36. The highest BCUT2D eigenvalue weighted by Crippen LogP contribution is 2.45. The van der Waals surface area contributed by atoms with Gasteiger partial charge in [-0.15, -0.1) is 0 Å². The van der Waals surface area contributed by atoms with Gasteiger partial charge in [-0.2, -0.15) is 5.10 Å². The van der Waals surface area contributed by atoms with E-state index in [-0.39, 0.29) is 5.41 Å². The molecule has 26 heavy (non-hydrogen) atoms. The maximum atomic E-state index is 6.31. The predicted octanol–water partition coefficient (Wildman–Crippen LogP) is 3.12. The number of ether oxygens (including phenoxy) is 1. The van der Waals surface area contributed by atoms with E-state index in [4.69, 9.17) is 21.4 Å². The zero-order valence-electron chi connectivity index (χ0n) is 15.1. The van der Waals surface area contributed by atoms with Gasteiger partial charge in [0.2, 0.25) is 0 Å². The summed E-state index contributed by atoms with van der Waals surface area (Å²) >= 11 is 6.31. The lowest BCUT2D eigenvalue weighted by Gasteiger charge is -2.42. The van der Waals surface area contributed by atoms with Gasteiger partial charge in [-0.25, -0.2) is 0 Å². The molecule has 140 valence electrons. The van der Waals surface area contributed by atoms with Crippen LogP contribution in [0.1, 0.15) is 44.9 Å². The predicted molar refractivity (Wildman–Crippen MR) is 105 cm³/mol. The smallest absolute Gasteiger partial charge is 0.0854 e. The number of nitrogens with zero attached hydrogens (tertiary/aromatic N) is 2. The summed E-state index contributed by atoms with van der Waals surface area (Å²) in [7, 11) is 0. The van der Waals surface area contributed by atoms with Gasteiger partial charge in [0.15, 0.2) is 0 Å². The van der Waals surface area contributed by atoms with Crippen LogP contribution in [0.15, 0.2) is 33.0 Å². The molecule has 0 radical (unpaired) electrons. The van der Waals surface area contributed by atoms with Crippen LogP contribution in [0.5, 0.6) is 0 Å². The number of allylic oxidation sites excluding steroid dienone is 2. The average molecular weight is 375 g/mol. The van der Waals surface area contributed by atoms with Crippen LogP contribution < -0.4 is 10.7 Å². The van der Waals surface area contributed by atoms with Gasteiger partial charge in [0.25, 0.3) is 0 Å². The van der Waals surface area contributed by atoms with E-state index in [0.717, 1.165) is 38.8 Å². The largest absolute Gasteiger partial charge is 0.375 e. The Morgan fingerprint density at radius 3 is 2.69 bits per heavy atom. The van der Waals surface area contributed by atoms with Crippen molar-refractivity contribution in [3.05, 3.63) is 22.9 Å². The van der Waals surface area contributed by atoms with Crippen LogP contribution in [-0.2, 0) is 4.74 Å². The standard InChI is InChI=1S/C20H27ClN4O/c21-15-8-14-9-23-18-11-24-25-19(20(14,18)12-22-10-15)13-4-6-17(7-5-13)26-16-2-1-3-16/h8,10,12-13,16-18,23-24H,1-7,9,11H2/t13?,17?,18-,20+/m1/s1. The SMILES string of the molecule is ClC1=CN=C[C@]23C(=C1)CN[C@@H]2CNN=C3C1CCC(OC2CCC2)CC1. The van der Waals surface area contributed by atoms with Gasteiger partial charge in [-0.1, -0.05) is 11.6 Å². The Balaban J connectivity index is 1.37. The van der Waals surface area contributed by atoms with Crippen LogP contribution >= 0.6 is 11.6 Å². The van der Waals surface area contributed by atoms with Crippen LogP contribution in [0.4, 0.5) is 0 Å². The molecule has 0 aromatic rings. The monoisotopic (exact) mass is 374 g/mol. The maximum absolute atomic E-state index is 6.31. The molecule has 0 unspecified atom stereocenters. The third-order valence-electron chi connectivity index (χ3n) is 6.82. The fourth-order valence-electron chi connectivity index (χ4n) is 5.17. The van der Waals surface area contributed by atoms with Crippen molar-refractivity contribution in [1.29, 1.82) is 0 Å². The summed E-state index contributed by atoms with van der Waals surface area (Å²) in [5, 5.41) is 9.18. The zero-order valence-corrected chi connectivity index (χ0v) is 15.8. The minimum absolute atomic E-state index is 0.218. The first-order valence-corrected chi connectivity index (χ1v) is 10.4. The van der Waals surface area contributed by atoms with Crippen molar-refractivity contribution in [2.45, 2.75) is 63.2 Å². The molecule has 5 nitrogen and oxygen atoms in total. The first kappa shape index (κ1) is 17.0. The summed E-state index contributed by atoms with van der Waals surface area (Å²) in [6.45, 7) is 1.67. The van der Waals surface area contributed by atoms with Gasteiger partial charge in [-0.05, 0) is 56.6 Å².